The zero-order valence-corrected chi connectivity index (χ0v) is 11.0. The molecule has 17 heavy (non-hydrogen) atoms. The van der Waals surface area contributed by atoms with Crippen LogP contribution < -0.4 is 10.0 Å². The minimum absolute atomic E-state index is 0.132. The number of aryl methyl sites for hydroxylation is 1. The fourth-order valence-corrected chi connectivity index (χ4v) is 2.33. The highest BCUT2D eigenvalue weighted by Gasteiger charge is 2.15. The standard InChI is InChI=1S/C10H13ClN2O3S/c1-7-3-4-8(13-10(14)6-11)5-9(7)17(15,16)12-2/h3-5,12H,6H2,1-2H3,(H,13,14). The molecule has 0 saturated heterocycles. The van der Waals surface area contributed by atoms with E-state index in [1.165, 1.54) is 13.1 Å². The van der Waals surface area contributed by atoms with E-state index in [1.54, 1.807) is 19.1 Å². The summed E-state index contributed by atoms with van der Waals surface area (Å²) < 4.78 is 25.6. The van der Waals surface area contributed by atoms with Crippen molar-refractivity contribution in [3.63, 3.8) is 0 Å². The molecule has 0 saturated carbocycles. The van der Waals surface area contributed by atoms with Crippen LogP contribution in [0.3, 0.4) is 0 Å². The van der Waals surface area contributed by atoms with E-state index in [2.05, 4.69) is 10.0 Å². The van der Waals surface area contributed by atoms with Gasteiger partial charge in [0.05, 0.1) is 4.90 Å². The van der Waals surface area contributed by atoms with Gasteiger partial charge in [0, 0.05) is 5.69 Å². The Morgan fingerprint density at radius 1 is 1.41 bits per heavy atom. The van der Waals surface area contributed by atoms with Gasteiger partial charge in [-0.1, -0.05) is 6.07 Å². The Morgan fingerprint density at radius 3 is 2.59 bits per heavy atom. The average Bonchev–Trinajstić information content (AvgIpc) is 2.31. The molecule has 0 aromatic heterocycles. The lowest BCUT2D eigenvalue weighted by Gasteiger charge is -2.09. The molecule has 0 atom stereocenters. The van der Waals surface area contributed by atoms with Crippen LogP contribution in [0.5, 0.6) is 0 Å². The molecular weight excluding hydrogens is 264 g/mol. The normalized spacial score (nSPS) is 11.2. The second-order valence-electron chi connectivity index (χ2n) is 3.37. The molecule has 1 aromatic carbocycles. The lowest BCUT2D eigenvalue weighted by atomic mass is 10.2. The van der Waals surface area contributed by atoms with Crippen LogP contribution in [0.1, 0.15) is 5.56 Å². The molecule has 1 aromatic rings. The summed E-state index contributed by atoms with van der Waals surface area (Å²) in [6, 6.07) is 4.63. The van der Waals surface area contributed by atoms with E-state index in [-0.39, 0.29) is 16.7 Å². The Kier molecular flexibility index (Phi) is 4.50. The van der Waals surface area contributed by atoms with Crippen LogP contribution >= 0.6 is 11.6 Å². The smallest absolute Gasteiger partial charge is 0.240 e. The summed E-state index contributed by atoms with van der Waals surface area (Å²) in [6.45, 7) is 1.68. The molecule has 2 N–H and O–H groups in total. The van der Waals surface area contributed by atoms with Crippen molar-refractivity contribution in [2.24, 2.45) is 0 Å². The van der Waals surface area contributed by atoms with Gasteiger partial charge in [0.2, 0.25) is 15.9 Å². The van der Waals surface area contributed by atoms with Gasteiger partial charge >= 0.3 is 0 Å². The zero-order valence-electron chi connectivity index (χ0n) is 9.45. The number of anilines is 1. The van der Waals surface area contributed by atoms with E-state index in [1.807, 2.05) is 0 Å². The molecule has 0 aliphatic carbocycles. The maximum atomic E-state index is 11.7. The van der Waals surface area contributed by atoms with E-state index in [4.69, 9.17) is 11.6 Å². The van der Waals surface area contributed by atoms with E-state index in [0.29, 0.717) is 11.3 Å². The van der Waals surface area contributed by atoms with Crippen LogP contribution in [0.4, 0.5) is 5.69 Å². The van der Waals surface area contributed by atoms with Crippen LogP contribution in [-0.2, 0) is 14.8 Å². The van der Waals surface area contributed by atoms with Gasteiger partial charge in [-0.25, -0.2) is 13.1 Å². The molecule has 0 aliphatic rings. The second-order valence-corrected chi connectivity index (χ2v) is 5.49. The van der Waals surface area contributed by atoms with Gasteiger partial charge in [-0.3, -0.25) is 4.79 Å². The van der Waals surface area contributed by atoms with E-state index >= 15 is 0 Å². The number of halogens is 1. The van der Waals surface area contributed by atoms with Crippen LogP contribution in [-0.4, -0.2) is 27.3 Å². The Morgan fingerprint density at radius 2 is 2.06 bits per heavy atom. The molecule has 0 radical (unpaired) electrons. The third kappa shape index (κ3) is 3.42. The molecule has 0 unspecified atom stereocenters. The van der Waals surface area contributed by atoms with Crippen LogP contribution in [0.2, 0.25) is 0 Å². The second kappa shape index (κ2) is 5.48. The molecule has 5 nitrogen and oxygen atoms in total. The SMILES string of the molecule is CNS(=O)(=O)c1cc(NC(=O)CCl)ccc1C. The minimum Gasteiger partial charge on any atom is -0.325 e. The number of hydrogen-bond acceptors (Lipinski definition) is 3. The molecule has 0 heterocycles. The first kappa shape index (κ1) is 14.0. The number of sulfonamides is 1. The van der Waals surface area contributed by atoms with E-state index in [0.717, 1.165) is 0 Å². The van der Waals surface area contributed by atoms with Crippen LogP contribution in [0.25, 0.3) is 0 Å². The number of benzene rings is 1. The maximum Gasteiger partial charge on any atom is 0.240 e. The van der Waals surface area contributed by atoms with Crippen molar-refractivity contribution >= 4 is 33.2 Å². The van der Waals surface area contributed by atoms with Crippen molar-refractivity contribution in [2.45, 2.75) is 11.8 Å². The third-order valence-electron chi connectivity index (χ3n) is 2.15. The highest BCUT2D eigenvalue weighted by Crippen LogP contribution is 2.19. The van der Waals surface area contributed by atoms with Crippen LogP contribution in [0.15, 0.2) is 23.1 Å². The molecule has 0 bridgehead atoms. The molecule has 0 spiro atoms. The minimum atomic E-state index is -3.53. The van der Waals surface area contributed by atoms with Gasteiger partial charge in [-0.05, 0) is 31.7 Å². The largest absolute Gasteiger partial charge is 0.325 e. The monoisotopic (exact) mass is 276 g/mol. The summed E-state index contributed by atoms with van der Waals surface area (Å²) in [7, 11) is -2.20. The van der Waals surface area contributed by atoms with Crippen molar-refractivity contribution in [1.82, 2.24) is 4.72 Å². The Labute approximate surface area is 105 Å². The summed E-state index contributed by atoms with van der Waals surface area (Å²) in [6.07, 6.45) is 0. The fraction of sp³-hybridized carbons (Fsp3) is 0.300. The van der Waals surface area contributed by atoms with Gasteiger partial charge in [0.15, 0.2) is 0 Å². The first-order valence-corrected chi connectivity index (χ1v) is 6.82. The molecule has 1 amide bonds. The predicted molar refractivity (Wildman–Crippen MR) is 66.8 cm³/mol. The number of alkyl halides is 1. The first-order valence-electron chi connectivity index (χ1n) is 4.80. The number of amides is 1. The van der Waals surface area contributed by atoms with Gasteiger partial charge in [0.1, 0.15) is 5.88 Å². The summed E-state index contributed by atoms with van der Waals surface area (Å²) >= 11 is 5.35. The van der Waals surface area contributed by atoms with Gasteiger partial charge in [0.25, 0.3) is 0 Å². The number of rotatable bonds is 4. The van der Waals surface area contributed by atoms with E-state index in [9.17, 15) is 13.2 Å². The van der Waals surface area contributed by atoms with E-state index < -0.39 is 10.0 Å². The molecular formula is C10H13ClN2O3S. The highest BCUT2D eigenvalue weighted by atomic mass is 35.5. The molecule has 94 valence electrons. The number of carbonyl (C=O) groups is 1. The molecule has 0 aliphatic heterocycles. The first-order chi connectivity index (χ1) is 7.90. The Bertz CT molecular complexity index is 528. The zero-order chi connectivity index (χ0) is 13.1. The quantitative estimate of drug-likeness (QED) is 0.808. The molecule has 7 heteroatoms. The number of hydrogen-bond donors (Lipinski definition) is 2. The Hall–Kier alpha value is -1.11. The molecule has 0 fully saturated rings. The fourth-order valence-electron chi connectivity index (χ4n) is 1.27. The van der Waals surface area contributed by atoms with Crippen molar-refractivity contribution in [2.75, 3.05) is 18.2 Å². The summed E-state index contributed by atoms with van der Waals surface area (Å²) in [5.74, 6) is -0.564. The summed E-state index contributed by atoms with van der Waals surface area (Å²) in [4.78, 5) is 11.2. The predicted octanol–water partition coefficient (Wildman–Crippen LogP) is 1.08. The van der Waals surface area contributed by atoms with Gasteiger partial charge in [-0.15, -0.1) is 11.6 Å². The third-order valence-corrected chi connectivity index (χ3v) is 3.95. The Balaban J connectivity index is 3.16. The molecule has 1 rings (SSSR count). The van der Waals surface area contributed by atoms with Crippen molar-refractivity contribution in [3.05, 3.63) is 23.8 Å². The van der Waals surface area contributed by atoms with Crippen molar-refractivity contribution in [3.8, 4) is 0 Å². The summed E-state index contributed by atoms with van der Waals surface area (Å²) in [5, 5.41) is 2.49. The topological polar surface area (TPSA) is 75.3 Å². The lowest BCUT2D eigenvalue weighted by molar-refractivity contribution is -0.113. The van der Waals surface area contributed by atoms with Crippen molar-refractivity contribution < 1.29 is 13.2 Å². The van der Waals surface area contributed by atoms with Gasteiger partial charge < -0.3 is 5.32 Å². The van der Waals surface area contributed by atoms with Gasteiger partial charge in [-0.2, -0.15) is 0 Å². The number of carbonyl (C=O) groups excluding carboxylic acids is 1. The lowest BCUT2D eigenvalue weighted by Crippen LogP contribution is -2.20. The average molecular weight is 277 g/mol. The number of nitrogens with one attached hydrogen (secondary N) is 2. The summed E-state index contributed by atoms with van der Waals surface area (Å²) in [5.41, 5.74) is 0.998. The van der Waals surface area contributed by atoms with Crippen LogP contribution in [0, 0.1) is 6.92 Å². The maximum absolute atomic E-state index is 11.7. The van der Waals surface area contributed by atoms with Crippen molar-refractivity contribution in [1.29, 1.82) is 0 Å². The highest BCUT2D eigenvalue weighted by molar-refractivity contribution is 7.89.